The van der Waals surface area contributed by atoms with Crippen LogP contribution in [0.25, 0.3) is 0 Å². The van der Waals surface area contributed by atoms with E-state index in [1.54, 1.807) is 29.4 Å². The molecule has 1 aliphatic rings. The summed E-state index contributed by atoms with van der Waals surface area (Å²) in [5.74, 6) is 0.442. The maximum atomic E-state index is 12.6. The molecule has 0 aromatic carbocycles. The largest absolute Gasteiger partial charge is 0.467 e. The lowest BCUT2D eigenvalue weighted by Crippen LogP contribution is -2.37. The van der Waals surface area contributed by atoms with E-state index in [-0.39, 0.29) is 11.9 Å². The number of furan rings is 1. The van der Waals surface area contributed by atoms with Crippen molar-refractivity contribution in [3.05, 3.63) is 47.9 Å². The van der Waals surface area contributed by atoms with Crippen molar-refractivity contribution in [3.8, 4) is 0 Å². The molecule has 1 saturated heterocycles. The number of likely N-dealkylation sites (tertiary alicyclic amines) is 1. The Balaban J connectivity index is 1.71. The molecule has 0 radical (unpaired) electrons. The smallest absolute Gasteiger partial charge is 0.272 e. The third-order valence-corrected chi connectivity index (χ3v) is 4.03. The summed E-state index contributed by atoms with van der Waals surface area (Å²) in [6, 6.07) is 5.20. The van der Waals surface area contributed by atoms with Gasteiger partial charge in [0, 0.05) is 24.7 Å². The first kappa shape index (κ1) is 14.7. The van der Waals surface area contributed by atoms with Gasteiger partial charge in [0.15, 0.2) is 0 Å². The molecule has 116 valence electrons. The van der Waals surface area contributed by atoms with Crippen molar-refractivity contribution in [2.45, 2.75) is 38.3 Å². The summed E-state index contributed by atoms with van der Waals surface area (Å²) >= 11 is 0. The van der Waals surface area contributed by atoms with E-state index in [1.807, 2.05) is 6.92 Å². The Morgan fingerprint density at radius 1 is 1.55 bits per heavy atom. The topological polar surface area (TPSA) is 79.5 Å². The van der Waals surface area contributed by atoms with Gasteiger partial charge in [0.2, 0.25) is 0 Å². The molecule has 3 heterocycles. The molecule has 2 aromatic rings. The van der Waals surface area contributed by atoms with Gasteiger partial charge in [0.25, 0.3) is 5.91 Å². The maximum Gasteiger partial charge on any atom is 0.272 e. The Hall–Kier alpha value is -2.21. The van der Waals surface area contributed by atoms with E-state index in [0.29, 0.717) is 24.4 Å². The number of carbonyl (C=O) groups excluding carboxylic acids is 1. The van der Waals surface area contributed by atoms with Crippen molar-refractivity contribution in [3.63, 3.8) is 0 Å². The van der Waals surface area contributed by atoms with E-state index in [1.165, 1.54) is 6.33 Å². The SMILES string of the molecule is Cc1cc(C(=O)N2CCCC2CC(O)c2ccco2)ncn1. The van der Waals surface area contributed by atoms with E-state index < -0.39 is 6.10 Å². The highest BCUT2D eigenvalue weighted by molar-refractivity contribution is 5.92. The first-order valence-electron chi connectivity index (χ1n) is 7.46. The Labute approximate surface area is 128 Å². The second kappa shape index (κ2) is 6.27. The van der Waals surface area contributed by atoms with Crippen LogP contribution >= 0.6 is 0 Å². The Morgan fingerprint density at radius 3 is 3.14 bits per heavy atom. The van der Waals surface area contributed by atoms with Crippen molar-refractivity contribution in [1.82, 2.24) is 14.9 Å². The Kier molecular flexibility index (Phi) is 4.20. The van der Waals surface area contributed by atoms with Gasteiger partial charge < -0.3 is 14.4 Å². The van der Waals surface area contributed by atoms with Crippen LogP contribution in [-0.2, 0) is 0 Å². The summed E-state index contributed by atoms with van der Waals surface area (Å²) in [6.45, 7) is 2.53. The van der Waals surface area contributed by atoms with E-state index in [4.69, 9.17) is 4.42 Å². The van der Waals surface area contributed by atoms with Crippen molar-refractivity contribution in [2.24, 2.45) is 0 Å². The molecular formula is C16H19N3O3. The number of rotatable bonds is 4. The number of amides is 1. The number of hydrogen-bond donors (Lipinski definition) is 1. The molecule has 6 heteroatoms. The zero-order valence-corrected chi connectivity index (χ0v) is 12.5. The second-order valence-electron chi connectivity index (χ2n) is 5.61. The number of aliphatic hydroxyl groups excluding tert-OH is 1. The fourth-order valence-corrected chi connectivity index (χ4v) is 2.92. The molecule has 1 amide bonds. The fourth-order valence-electron chi connectivity index (χ4n) is 2.92. The minimum Gasteiger partial charge on any atom is -0.467 e. The summed E-state index contributed by atoms with van der Waals surface area (Å²) in [4.78, 5) is 22.5. The molecule has 0 aliphatic carbocycles. The third-order valence-electron chi connectivity index (χ3n) is 4.03. The van der Waals surface area contributed by atoms with E-state index in [2.05, 4.69) is 9.97 Å². The molecule has 2 unspecified atom stereocenters. The molecule has 2 aromatic heterocycles. The van der Waals surface area contributed by atoms with Crippen molar-refractivity contribution >= 4 is 5.91 Å². The van der Waals surface area contributed by atoms with E-state index >= 15 is 0 Å². The van der Waals surface area contributed by atoms with Gasteiger partial charge in [0.05, 0.1) is 6.26 Å². The Bertz CT molecular complexity index is 642. The second-order valence-corrected chi connectivity index (χ2v) is 5.61. The average Bonchev–Trinajstić information content (AvgIpc) is 3.18. The normalized spacial score (nSPS) is 19.4. The highest BCUT2D eigenvalue weighted by atomic mass is 16.4. The average molecular weight is 301 g/mol. The first-order chi connectivity index (χ1) is 10.6. The standard InChI is InChI=1S/C16H19N3O3/c1-11-8-13(18-10-17-11)16(21)19-6-2-4-12(19)9-14(20)15-5-3-7-22-15/h3,5,7-8,10,12,14,20H,2,4,6,9H2,1H3. The summed E-state index contributed by atoms with van der Waals surface area (Å²) in [5.41, 5.74) is 1.18. The minimum absolute atomic E-state index is 0.00266. The maximum absolute atomic E-state index is 12.6. The van der Waals surface area contributed by atoms with Crippen LogP contribution in [0, 0.1) is 6.92 Å². The van der Waals surface area contributed by atoms with Crippen LogP contribution in [0.1, 0.15) is 47.3 Å². The summed E-state index contributed by atoms with van der Waals surface area (Å²) in [6.07, 6.45) is 4.55. The first-order valence-corrected chi connectivity index (χ1v) is 7.46. The lowest BCUT2D eigenvalue weighted by atomic mass is 10.0. The fraction of sp³-hybridized carbons (Fsp3) is 0.438. The number of aryl methyl sites for hydroxylation is 1. The molecule has 6 nitrogen and oxygen atoms in total. The van der Waals surface area contributed by atoms with Crippen LogP contribution in [0.15, 0.2) is 35.2 Å². The zero-order valence-electron chi connectivity index (χ0n) is 12.5. The number of carbonyl (C=O) groups is 1. The van der Waals surface area contributed by atoms with E-state index in [0.717, 1.165) is 18.5 Å². The monoisotopic (exact) mass is 301 g/mol. The van der Waals surface area contributed by atoms with Crippen LogP contribution in [-0.4, -0.2) is 38.5 Å². The highest BCUT2D eigenvalue weighted by Crippen LogP contribution is 2.28. The van der Waals surface area contributed by atoms with Gasteiger partial charge in [0.1, 0.15) is 23.9 Å². The third kappa shape index (κ3) is 3.01. The van der Waals surface area contributed by atoms with E-state index in [9.17, 15) is 9.90 Å². The van der Waals surface area contributed by atoms with Gasteiger partial charge in [-0.1, -0.05) is 0 Å². The number of hydrogen-bond acceptors (Lipinski definition) is 5. The van der Waals surface area contributed by atoms with Crippen LogP contribution in [0.4, 0.5) is 0 Å². The molecule has 1 N–H and O–H groups in total. The molecule has 1 fully saturated rings. The van der Waals surface area contributed by atoms with Crippen LogP contribution in [0.5, 0.6) is 0 Å². The lowest BCUT2D eigenvalue weighted by molar-refractivity contribution is 0.0635. The van der Waals surface area contributed by atoms with Gasteiger partial charge in [-0.3, -0.25) is 4.79 Å². The molecule has 0 bridgehead atoms. The van der Waals surface area contributed by atoms with Gasteiger partial charge in [-0.15, -0.1) is 0 Å². The predicted molar refractivity (Wildman–Crippen MR) is 79.1 cm³/mol. The van der Waals surface area contributed by atoms with Crippen LogP contribution < -0.4 is 0 Å². The van der Waals surface area contributed by atoms with Crippen LogP contribution in [0.2, 0.25) is 0 Å². The van der Waals surface area contributed by atoms with Crippen LogP contribution in [0.3, 0.4) is 0 Å². The molecule has 3 rings (SSSR count). The zero-order chi connectivity index (χ0) is 15.5. The number of nitrogens with zero attached hydrogens (tertiary/aromatic N) is 3. The minimum atomic E-state index is -0.694. The predicted octanol–water partition coefficient (Wildman–Crippen LogP) is 2.11. The summed E-state index contributed by atoms with van der Waals surface area (Å²) in [7, 11) is 0. The van der Waals surface area contributed by atoms with Crippen molar-refractivity contribution in [1.29, 1.82) is 0 Å². The molecule has 0 saturated carbocycles. The van der Waals surface area contributed by atoms with Gasteiger partial charge >= 0.3 is 0 Å². The Morgan fingerprint density at radius 2 is 2.41 bits per heavy atom. The lowest BCUT2D eigenvalue weighted by Gasteiger charge is -2.25. The quantitative estimate of drug-likeness (QED) is 0.935. The van der Waals surface area contributed by atoms with Gasteiger partial charge in [-0.25, -0.2) is 9.97 Å². The summed E-state index contributed by atoms with van der Waals surface area (Å²) in [5, 5.41) is 10.2. The number of aliphatic hydroxyl groups is 1. The molecule has 2 atom stereocenters. The van der Waals surface area contributed by atoms with Crippen molar-refractivity contribution in [2.75, 3.05) is 6.54 Å². The van der Waals surface area contributed by atoms with Gasteiger partial charge in [-0.05, 0) is 38.0 Å². The molecule has 0 spiro atoms. The number of aromatic nitrogens is 2. The van der Waals surface area contributed by atoms with Crippen molar-refractivity contribution < 1.29 is 14.3 Å². The summed E-state index contributed by atoms with van der Waals surface area (Å²) < 4.78 is 5.23. The highest BCUT2D eigenvalue weighted by Gasteiger charge is 2.32. The molecule has 1 aliphatic heterocycles. The van der Waals surface area contributed by atoms with Gasteiger partial charge in [-0.2, -0.15) is 0 Å². The molecular weight excluding hydrogens is 282 g/mol. The molecule has 22 heavy (non-hydrogen) atoms.